The van der Waals surface area contributed by atoms with Crippen LogP contribution in [0, 0.1) is 10.1 Å². The lowest BCUT2D eigenvalue weighted by Gasteiger charge is -2.12. The van der Waals surface area contributed by atoms with Crippen LogP contribution in [-0.2, 0) is 4.79 Å². The number of hydrogen-bond acceptors (Lipinski definition) is 8. The average Bonchev–Trinajstić information content (AvgIpc) is 3.18. The lowest BCUT2D eigenvalue weighted by atomic mass is 10.3. The molecule has 0 spiro atoms. The van der Waals surface area contributed by atoms with Gasteiger partial charge in [-0.2, -0.15) is 0 Å². The molecule has 2 aromatic carbocycles. The number of hydrogen-bond donors (Lipinski definition) is 1. The first-order valence-electron chi connectivity index (χ1n) is 8.44. The molecule has 1 amide bonds. The number of halogens is 2. The number of carbonyl (C=O) groups excluding carboxylic acids is 1. The average molecular weight is 469 g/mol. The van der Waals surface area contributed by atoms with Gasteiger partial charge in [0, 0.05) is 22.8 Å². The number of anilines is 1. The molecule has 0 unspecified atom stereocenters. The smallest absolute Gasteiger partial charge is 0.277 e. The van der Waals surface area contributed by atoms with Crippen molar-refractivity contribution in [1.29, 1.82) is 0 Å². The van der Waals surface area contributed by atoms with Crippen molar-refractivity contribution >= 4 is 52.2 Å². The van der Waals surface area contributed by atoms with Gasteiger partial charge in [0.2, 0.25) is 5.91 Å². The number of nitro benzene ring substituents is 1. The molecule has 12 heteroatoms. The van der Waals surface area contributed by atoms with Crippen LogP contribution in [0.15, 0.2) is 52.1 Å². The summed E-state index contributed by atoms with van der Waals surface area (Å²) in [6.45, 7) is 1.72. The molecule has 0 aliphatic carbocycles. The molecule has 0 saturated carbocycles. The SMILES string of the molecule is C[C@H](Oc1ccc(Cl)cc1Cl)c1nnc(SCC(=O)Nc2ccc([N+](=O)[O-])cc2)o1. The number of aromatic nitrogens is 2. The topological polar surface area (TPSA) is 120 Å². The van der Waals surface area contributed by atoms with Crippen molar-refractivity contribution in [3.05, 3.63) is 68.5 Å². The van der Waals surface area contributed by atoms with Crippen LogP contribution < -0.4 is 10.1 Å². The highest BCUT2D eigenvalue weighted by Gasteiger charge is 2.18. The molecule has 156 valence electrons. The van der Waals surface area contributed by atoms with Crippen LogP contribution in [0.1, 0.15) is 18.9 Å². The Kier molecular flexibility index (Phi) is 7.14. The number of ether oxygens (including phenoxy) is 1. The number of amides is 1. The molecule has 0 radical (unpaired) electrons. The van der Waals surface area contributed by atoms with Gasteiger partial charge in [-0.05, 0) is 37.3 Å². The van der Waals surface area contributed by atoms with E-state index in [-0.39, 0.29) is 28.5 Å². The highest BCUT2D eigenvalue weighted by atomic mass is 35.5. The number of rotatable bonds is 8. The van der Waals surface area contributed by atoms with Crippen molar-refractivity contribution in [2.24, 2.45) is 0 Å². The predicted molar refractivity (Wildman–Crippen MR) is 112 cm³/mol. The van der Waals surface area contributed by atoms with Gasteiger partial charge in [-0.3, -0.25) is 14.9 Å². The Morgan fingerprint density at radius 3 is 2.67 bits per heavy atom. The Morgan fingerprint density at radius 2 is 2.00 bits per heavy atom. The molecule has 3 rings (SSSR count). The van der Waals surface area contributed by atoms with Gasteiger partial charge in [-0.25, -0.2) is 0 Å². The number of nitro groups is 1. The maximum Gasteiger partial charge on any atom is 0.277 e. The zero-order valence-electron chi connectivity index (χ0n) is 15.4. The lowest BCUT2D eigenvalue weighted by Crippen LogP contribution is -2.13. The number of benzene rings is 2. The second kappa shape index (κ2) is 9.79. The van der Waals surface area contributed by atoms with Crippen molar-refractivity contribution in [3.63, 3.8) is 0 Å². The quantitative estimate of drug-likeness (QED) is 0.273. The minimum absolute atomic E-state index is 0.0108. The summed E-state index contributed by atoms with van der Waals surface area (Å²) in [6.07, 6.45) is -0.570. The van der Waals surface area contributed by atoms with E-state index in [0.29, 0.717) is 21.5 Å². The van der Waals surface area contributed by atoms with Crippen molar-refractivity contribution in [3.8, 4) is 5.75 Å². The van der Waals surface area contributed by atoms with Gasteiger partial charge < -0.3 is 14.5 Å². The first-order chi connectivity index (χ1) is 14.3. The van der Waals surface area contributed by atoms with E-state index < -0.39 is 11.0 Å². The first-order valence-corrected chi connectivity index (χ1v) is 10.2. The van der Waals surface area contributed by atoms with Gasteiger partial charge in [0.05, 0.1) is 15.7 Å². The van der Waals surface area contributed by atoms with E-state index in [1.54, 1.807) is 25.1 Å². The summed E-state index contributed by atoms with van der Waals surface area (Å²) in [5.74, 6) is 0.324. The highest BCUT2D eigenvalue weighted by Crippen LogP contribution is 2.31. The third-order valence-electron chi connectivity index (χ3n) is 3.66. The Labute approximate surface area is 184 Å². The van der Waals surface area contributed by atoms with Gasteiger partial charge in [0.15, 0.2) is 6.10 Å². The molecule has 9 nitrogen and oxygen atoms in total. The number of thioether (sulfide) groups is 1. The Balaban J connectivity index is 1.52. The van der Waals surface area contributed by atoms with Crippen LogP contribution in [-0.4, -0.2) is 26.8 Å². The summed E-state index contributed by atoms with van der Waals surface area (Å²) < 4.78 is 11.2. The number of carbonyl (C=O) groups is 1. The molecule has 1 heterocycles. The van der Waals surface area contributed by atoms with Gasteiger partial charge in [-0.15, -0.1) is 10.2 Å². The van der Waals surface area contributed by atoms with Crippen molar-refractivity contribution in [2.45, 2.75) is 18.3 Å². The fraction of sp³-hybridized carbons (Fsp3) is 0.167. The van der Waals surface area contributed by atoms with Crippen molar-refractivity contribution in [2.75, 3.05) is 11.1 Å². The fourth-order valence-electron chi connectivity index (χ4n) is 2.25. The Bertz CT molecular complexity index is 1060. The van der Waals surface area contributed by atoms with Crippen molar-refractivity contribution < 1.29 is 18.9 Å². The van der Waals surface area contributed by atoms with E-state index in [2.05, 4.69) is 15.5 Å². The molecule has 30 heavy (non-hydrogen) atoms. The zero-order valence-corrected chi connectivity index (χ0v) is 17.7. The number of nitrogens with one attached hydrogen (secondary N) is 1. The van der Waals surface area contributed by atoms with Gasteiger partial charge in [-0.1, -0.05) is 35.0 Å². The zero-order chi connectivity index (χ0) is 21.7. The highest BCUT2D eigenvalue weighted by molar-refractivity contribution is 7.99. The molecule has 0 fully saturated rings. The third-order valence-corrected chi connectivity index (χ3v) is 5.01. The first kappa shape index (κ1) is 21.9. The molecular formula is C18H14Cl2N4O5S. The summed E-state index contributed by atoms with van der Waals surface area (Å²) in [7, 11) is 0. The minimum atomic E-state index is -0.570. The van der Waals surface area contributed by atoms with E-state index in [0.717, 1.165) is 11.8 Å². The number of nitrogens with zero attached hydrogens (tertiary/aromatic N) is 3. The Morgan fingerprint density at radius 1 is 1.27 bits per heavy atom. The summed E-state index contributed by atoms with van der Waals surface area (Å²) in [6, 6.07) is 10.4. The molecule has 3 aromatic rings. The summed E-state index contributed by atoms with van der Waals surface area (Å²) in [5, 5.41) is 22.1. The van der Waals surface area contributed by atoms with E-state index in [1.165, 1.54) is 24.3 Å². The van der Waals surface area contributed by atoms with Crippen LogP contribution in [0.5, 0.6) is 5.75 Å². The normalized spacial score (nSPS) is 11.7. The van der Waals surface area contributed by atoms with E-state index in [4.69, 9.17) is 32.4 Å². The summed E-state index contributed by atoms with van der Waals surface area (Å²) >= 11 is 13.0. The molecule has 1 aromatic heterocycles. The van der Waals surface area contributed by atoms with E-state index >= 15 is 0 Å². The molecule has 1 atom stereocenters. The largest absolute Gasteiger partial charge is 0.479 e. The molecule has 1 N–H and O–H groups in total. The maximum absolute atomic E-state index is 12.0. The molecule has 0 bridgehead atoms. The summed E-state index contributed by atoms with van der Waals surface area (Å²) in [4.78, 5) is 22.2. The maximum atomic E-state index is 12.0. The van der Waals surface area contributed by atoms with Crippen LogP contribution >= 0.6 is 35.0 Å². The van der Waals surface area contributed by atoms with Crippen LogP contribution in [0.3, 0.4) is 0 Å². The van der Waals surface area contributed by atoms with Gasteiger partial charge in [0.25, 0.3) is 16.8 Å². The third kappa shape index (κ3) is 5.85. The van der Waals surface area contributed by atoms with Crippen LogP contribution in [0.4, 0.5) is 11.4 Å². The van der Waals surface area contributed by atoms with Crippen LogP contribution in [0.25, 0.3) is 0 Å². The van der Waals surface area contributed by atoms with Crippen LogP contribution in [0.2, 0.25) is 10.0 Å². The monoisotopic (exact) mass is 468 g/mol. The van der Waals surface area contributed by atoms with Crippen molar-refractivity contribution in [1.82, 2.24) is 10.2 Å². The fourth-order valence-corrected chi connectivity index (χ4v) is 3.27. The molecular weight excluding hydrogens is 455 g/mol. The predicted octanol–water partition coefficient (Wildman–Crippen LogP) is 5.16. The van der Waals surface area contributed by atoms with Gasteiger partial charge >= 0.3 is 0 Å². The molecule has 0 saturated heterocycles. The van der Waals surface area contributed by atoms with E-state index in [1.807, 2.05) is 0 Å². The Hall–Kier alpha value is -2.82. The lowest BCUT2D eigenvalue weighted by molar-refractivity contribution is -0.384. The standard InChI is InChI=1S/C18H14Cl2N4O5S/c1-10(28-15-7-2-11(19)8-14(15)20)17-22-23-18(29-17)30-9-16(25)21-12-3-5-13(6-4-12)24(26)27/h2-8,10H,9H2,1H3,(H,21,25)/t10-/m0/s1. The summed E-state index contributed by atoms with van der Waals surface area (Å²) in [5.41, 5.74) is 0.385. The van der Waals surface area contributed by atoms with Gasteiger partial charge in [0.1, 0.15) is 5.75 Å². The number of non-ortho nitro benzene ring substituents is 1. The van der Waals surface area contributed by atoms with E-state index in [9.17, 15) is 14.9 Å². The second-order valence-corrected chi connectivity index (χ2v) is 7.65. The molecule has 0 aliphatic rings. The second-order valence-electron chi connectivity index (χ2n) is 5.88. The molecule has 0 aliphatic heterocycles. The minimum Gasteiger partial charge on any atom is -0.479 e.